The van der Waals surface area contributed by atoms with Gasteiger partial charge >= 0.3 is 12.0 Å². The van der Waals surface area contributed by atoms with Gasteiger partial charge in [-0.05, 0) is 25.2 Å². The fourth-order valence-electron chi connectivity index (χ4n) is 2.69. The van der Waals surface area contributed by atoms with Crippen molar-refractivity contribution in [1.82, 2.24) is 10.6 Å². The van der Waals surface area contributed by atoms with E-state index >= 15 is 0 Å². The first-order valence-electron chi connectivity index (χ1n) is 7.44. The number of primary amides is 1. The summed E-state index contributed by atoms with van der Waals surface area (Å²) in [7, 11) is 0. The molecule has 0 aromatic rings. The van der Waals surface area contributed by atoms with E-state index in [4.69, 9.17) is 10.8 Å². The lowest BCUT2D eigenvalue weighted by atomic mass is 9.85. The van der Waals surface area contributed by atoms with E-state index in [0.717, 1.165) is 19.3 Å². The van der Waals surface area contributed by atoms with Gasteiger partial charge in [0, 0.05) is 6.04 Å². The molecule has 4 atom stereocenters. The Balaban J connectivity index is 2.63. The minimum absolute atomic E-state index is 0.0450. The summed E-state index contributed by atoms with van der Waals surface area (Å²) in [6, 6.07) is -1.58. The van der Waals surface area contributed by atoms with Crippen molar-refractivity contribution in [2.24, 2.45) is 17.6 Å². The number of nitrogens with one attached hydrogen (secondary N) is 2. The fourth-order valence-corrected chi connectivity index (χ4v) is 2.69. The molecule has 1 aliphatic carbocycles. The molecule has 0 radical (unpaired) electrons. The molecule has 0 aromatic carbocycles. The van der Waals surface area contributed by atoms with Gasteiger partial charge in [-0.1, -0.05) is 26.7 Å². The van der Waals surface area contributed by atoms with Crippen LogP contribution in [0.5, 0.6) is 0 Å². The molecule has 0 heterocycles. The Labute approximate surface area is 124 Å². The molecule has 1 rings (SSSR count). The van der Waals surface area contributed by atoms with Crippen LogP contribution in [-0.4, -0.2) is 35.1 Å². The third kappa shape index (κ3) is 5.24. The minimum atomic E-state index is -0.817. The average molecular weight is 299 g/mol. The standard InChI is InChI=1S/C14H25N3O4/c1-3-8(2)11(17-14(15)21)12(18)16-10-6-4-5-9(7-10)13(19)20/h8-11H,3-7H2,1-2H3,(H,16,18)(H,19,20)(H3,15,17,21). The van der Waals surface area contributed by atoms with Gasteiger partial charge in [0.1, 0.15) is 6.04 Å². The van der Waals surface area contributed by atoms with E-state index in [1.807, 2.05) is 13.8 Å². The molecular weight excluding hydrogens is 274 g/mol. The molecule has 0 aliphatic heterocycles. The molecule has 0 bridgehead atoms. The molecule has 5 N–H and O–H groups in total. The molecule has 0 saturated heterocycles. The summed E-state index contributed by atoms with van der Waals surface area (Å²) >= 11 is 0. The third-order valence-electron chi connectivity index (χ3n) is 4.16. The van der Waals surface area contributed by atoms with Crippen LogP contribution in [0, 0.1) is 11.8 Å². The highest BCUT2D eigenvalue weighted by Crippen LogP contribution is 2.24. The molecule has 1 aliphatic rings. The molecule has 120 valence electrons. The van der Waals surface area contributed by atoms with Gasteiger partial charge in [0.05, 0.1) is 5.92 Å². The van der Waals surface area contributed by atoms with Crippen molar-refractivity contribution in [3.8, 4) is 0 Å². The van der Waals surface area contributed by atoms with Crippen LogP contribution < -0.4 is 16.4 Å². The summed E-state index contributed by atoms with van der Waals surface area (Å²) in [6.07, 6.45) is 3.35. The molecule has 4 unspecified atom stereocenters. The topological polar surface area (TPSA) is 122 Å². The van der Waals surface area contributed by atoms with Crippen molar-refractivity contribution in [3.05, 3.63) is 0 Å². The van der Waals surface area contributed by atoms with E-state index in [1.54, 1.807) is 0 Å². The molecule has 1 fully saturated rings. The molecule has 7 heteroatoms. The van der Waals surface area contributed by atoms with Crippen molar-refractivity contribution in [2.75, 3.05) is 0 Å². The van der Waals surface area contributed by atoms with Crippen molar-refractivity contribution < 1.29 is 19.5 Å². The van der Waals surface area contributed by atoms with Crippen LogP contribution in [0.25, 0.3) is 0 Å². The van der Waals surface area contributed by atoms with Gasteiger partial charge in [-0.25, -0.2) is 4.79 Å². The monoisotopic (exact) mass is 299 g/mol. The quantitative estimate of drug-likeness (QED) is 0.580. The lowest BCUT2D eigenvalue weighted by Gasteiger charge is -2.30. The Bertz CT molecular complexity index is 400. The van der Waals surface area contributed by atoms with Gasteiger partial charge < -0.3 is 21.5 Å². The first-order valence-corrected chi connectivity index (χ1v) is 7.44. The van der Waals surface area contributed by atoms with Gasteiger partial charge in [-0.15, -0.1) is 0 Å². The number of amides is 3. The van der Waals surface area contributed by atoms with E-state index in [1.165, 1.54) is 0 Å². The van der Waals surface area contributed by atoms with Crippen LogP contribution in [0.1, 0.15) is 46.0 Å². The van der Waals surface area contributed by atoms with Gasteiger partial charge in [0.15, 0.2) is 0 Å². The first kappa shape index (κ1) is 17.3. The second-order valence-corrected chi connectivity index (χ2v) is 5.78. The number of rotatable bonds is 6. The van der Waals surface area contributed by atoms with Crippen LogP contribution in [0.3, 0.4) is 0 Å². The fraction of sp³-hybridized carbons (Fsp3) is 0.786. The smallest absolute Gasteiger partial charge is 0.312 e. The summed E-state index contributed by atoms with van der Waals surface area (Å²) in [4.78, 5) is 34.3. The highest BCUT2D eigenvalue weighted by molar-refractivity contribution is 5.87. The largest absolute Gasteiger partial charge is 0.481 e. The van der Waals surface area contributed by atoms with Crippen LogP contribution in [-0.2, 0) is 9.59 Å². The SMILES string of the molecule is CCC(C)C(NC(N)=O)C(=O)NC1CCCC(C(=O)O)C1. The van der Waals surface area contributed by atoms with Crippen molar-refractivity contribution >= 4 is 17.9 Å². The number of carbonyl (C=O) groups is 3. The van der Waals surface area contributed by atoms with E-state index in [2.05, 4.69) is 10.6 Å². The van der Waals surface area contributed by atoms with Gasteiger partial charge in [0.25, 0.3) is 0 Å². The lowest BCUT2D eigenvalue weighted by molar-refractivity contribution is -0.143. The number of urea groups is 1. The summed E-state index contributed by atoms with van der Waals surface area (Å²) in [5.41, 5.74) is 5.11. The van der Waals surface area contributed by atoms with Crippen molar-refractivity contribution in [3.63, 3.8) is 0 Å². The predicted octanol–water partition coefficient (Wildman–Crippen LogP) is 0.829. The Morgan fingerprint density at radius 3 is 2.52 bits per heavy atom. The zero-order valence-corrected chi connectivity index (χ0v) is 12.6. The zero-order valence-electron chi connectivity index (χ0n) is 12.6. The van der Waals surface area contributed by atoms with Crippen LogP contribution in [0.2, 0.25) is 0 Å². The number of hydrogen-bond acceptors (Lipinski definition) is 3. The summed E-state index contributed by atoms with van der Waals surface area (Å²) in [6.45, 7) is 3.79. The molecule has 21 heavy (non-hydrogen) atoms. The Kier molecular flexibility index (Phi) is 6.45. The molecule has 1 saturated carbocycles. The van der Waals surface area contributed by atoms with Gasteiger partial charge in [-0.2, -0.15) is 0 Å². The molecule has 7 nitrogen and oxygen atoms in total. The maximum absolute atomic E-state index is 12.3. The van der Waals surface area contributed by atoms with Crippen molar-refractivity contribution in [2.45, 2.75) is 58.0 Å². The third-order valence-corrected chi connectivity index (χ3v) is 4.16. The zero-order chi connectivity index (χ0) is 16.0. The minimum Gasteiger partial charge on any atom is -0.481 e. The van der Waals surface area contributed by atoms with E-state index < -0.39 is 24.0 Å². The highest BCUT2D eigenvalue weighted by Gasteiger charge is 2.31. The predicted molar refractivity (Wildman–Crippen MR) is 77.5 cm³/mol. The number of nitrogens with two attached hydrogens (primary N) is 1. The molecule has 0 aromatic heterocycles. The molecule has 3 amide bonds. The molecular formula is C14H25N3O4. The second kappa shape index (κ2) is 7.85. The number of hydrogen-bond donors (Lipinski definition) is 4. The number of carboxylic acid groups (broad SMARTS) is 1. The summed E-state index contributed by atoms with van der Waals surface area (Å²) in [5, 5.41) is 14.4. The number of carbonyl (C=O) groups excluding carboxylic acids is 2. The lowest BCUT2D eigenvalue weighted by Crippen LogP contribution is -2.54. The summed E-state index contributed by atoms with van der Waals surface area (Å²) < 4.78 is 0. The maximum atomic E-state index is 12.3. The second-order valence-electron chi connectivity index (χ2n) is 5.78. The van der Waals surface area contributed by atoms with E-state index in [9.17, 15) is 14.4 Å². The average Bonchev–Trinajstić information content (AvgIpc) is 2.43. The van der Waals surface area contributed by atoms with Gasteiger partial charge in [0.2, 0.25) is 5.91 Å². The highest BCUT2D eigenvalue weighted by atomic mass is 16.4. The maximum Gasteiger partial charge on any atom is 0.312 e. The summed E-state index contributed by atoms with van der Waals surface area (Å²) in [5.74, 6) is -1.56. The van der Waals surface area contributed by atoms with Gasteiger partial charge in [-0.3, -0.25) is 9.59 Å². The normalized spacial score (nSPS) is 24.7. The Morgan fingerprint density at radius 1 is 1.33 bits per heavy atom. The Morgan fingerprint density at radius 2 is 2.00 bits per heavy atom. The van der Waals surface area contributed by atoms with Crippen LogP contribution in [0.15, 0.2) is 0 Å². The van der Waals surface area contributed by atoms with Crippen molar-refractivity contribution in [1.29, 1.82) is 0 Å². The van der Waals surface area contributed by atoms with E-state index in [0.29, 0.717) is 12.8 Å². The first-order chi connectivity index (χ1) is 9.85. The van der Waals surface area contributed by atoms with Crippen LogP contribution >= 0.6 is 0 Å². The number of aliphatic carboxylic acids is 1. The Hall–Kier alpha value is -1.79. The number of carboxylic acids is 1. The van der Waals surface area contributed by atoms with E-state index in [-0.39, 0.29) is 17.9 Å². The molecule has 0 spiro atoms. The van der Waals surface area contributed by atoms with Crippen LogP contribution in [0.4, 0.5) is 4.79 Å².